The molecular weight excluding hydrogens is 267 g/mol. The van der Waals surface area contributed by atoms with Crippen LogP contribution in [0.15, 0.2) is 48.5 Å². The summed E-state index contributed by atoms with van der Waals surface area (Å²) in [5.74, 6) is -0.538. The zero-order valence-corrected chi connectivity index (χ0v) is 10.7. The Bertz CT molecular complexity index is 572. The van der Waals surface area contributed by atoms with Crippen LogP contribution in [0.5, 0.6) is 0 Å². The zero-order chi connectivity index (χ0) is 13.7. The molecule has 0 atom stereocenters. The minimum atomic E-state index is -0.314. The highest BCUT2D eigenvalue weighted by Gasteiger charge is 2.04. The Balaban J connectivity index is 1.88. The second-order valence-electron chi connectivity index (χ2n) is 3.89. The van der Waals surface area contributed by atoms with E-state index in [1.165, 1.54) is 12.1 Å². The fourth-order valence-electron chi connectivity index (χ4n) is 1.51. The van der Waals surface area contributed by atoms with E-state index in [1.807, 2.05) is 0 Å². The van der Waals surface area contributed by atoms with Gasteiger partial charge in [0.25, 0.3) is 0 Å². The maximum atomic E-state index is 12.7. The molecule has 0 aliphatic carbocycles. The molecule has 0 aromatic heterocycles. The number of nitrogens with one attached hydrogen (secondary N) is 2. The number of hydrogen-bond acceptors (Lipinski definition) is 2. The van der Waals surface area contributed by atoms with Crippen LogP contribution >= 0.6 is 11.6 Å². The molecule has 0 aliphatic heterocycles. The number of para-hydroxylation sites is 1. The van der Waals surface area contributed by atoms with Gasteiger partial charge in [0.1, 0.15) is 5.82 Å². The third kappa shape index (κ3) is 3.96. The lowest BCUT2D eigenvalue weighted by atomic mass is 10.3. The predicted molar refractivity (Wildman–Crippen MR) is 75.0 cm³/mol. The Hall–Kier alpha value is -2.07. The summed E-state index contributed by atoms with van der Waals surface area (Å²) < 4.78 is 12.7. The molecule has 0 heterocycles. The Morgan fingerprint density at radius 2 is 1.79 bits per heavy atom. The fourth-order valence-corrected chi connectivity index (χ4v) is 1.69. The van der Waals surface area contributed by atoms with E-state index < -0.39 is 0 Å². The van der Waals surface area contributed by atoms with Gasteiger partial charge in [0.2, 0.25) is 5.91 Å². The highest BCUT2D eigenvalue weighted by molar-refractivity contribution is 6.33. The predicted octanol–water partition coefficient (Wildman–Crippen LogP) is 3.53. The largest absolute Gasteiger partial charge is 0.376 e. The maximum absolute atomic E-state index is 12.7. The van der Waals surface area contributed by atoms with Crippen LogP contribution in [0.4, 0.5) is 15.8 Å². The number of halogens is 2. The van der Waals surface area contributed by atoms with Crippen molar-refractivity contribution in [3.05, 3.63) is 59.4 Å². The van der Waals surface area contributed by atoms with Crippen LogP contribution < -0.4 is 10.6 Å². The van der Waals surface area contributed by atoms with Gasteiger partial charge in [-0.15, -0.1) is 0 Å². The summed E-state index contributed by atoms with van der Waals surface area (Å²) in [6, 6.07) is 12.8. The summed E-state index contributed by atoms with van der Waals surface area (Å²) in [6.45, 7) is 0.0802. The van der Waals surface area contributed by atoms with E-state index in [0.717, 1.165) is 0 Å². The van der Waals surface area contributed by atoms with E-state index in [2.05, 4.69) is 10.6 Å². The van der Waals surface area contributed by atoms with Crippen molar-refractivity contribution in [3.8, 4) is 0 Å². The molecule has 0 saturated carbocycles. The van der Waals surface area contributed by atoms with E-state index in [9.17, 15) is 9.18 Å². The van der Waals surface area contributed by atoms with Gasteiger partial charge in [0, 0.05) is 5.69 Å². The van der Waals surface area contributed by atoms with Gasteiger partial charge in [-0.3, -0.25) is 4.79 Å². The van der Waals surface area contributed by atoms with Crippen LogP contribution in [0, 0.1) is 5.82 Å². The molecule has 1 amide bonds. The first-order chi connectivity index (χ1) is 9.15. The van der Waals surface area contributed by atoms with E-state index in [0.29, 0.717) is 16.4 Å². The Kier molecular flexibility index (Phi) is 4.36. The summed E-state index contributed by atoms with van der Waals surface area (Å²) in [5, 5.41) is 6.06. The first-order valence-corrected chi connectivity index (χ1v) is 6.07. The maximum Gasteiger partial charge on any atom is 0.243 e. The normalized spacial score (nSPS) is 10.0. The molecule has 19 heavy (non-hydrogen) atoms. The third-order valence-corrected chi connectivity index (χ3v) is 2.77. The number of carbonyl (C=O) groups is 1. The third-order valence-electron chi connectivity index (χ3n) is 2.45. The van der Waals surface area contributed by atoms with Crippen molar-refractivity contribution < 1.29 is 9.18 Å². The zero-order valence-electron chi connectivity index (χ0n) is 9.99. The quantitative estimate of drug-likeness (QED) is 0.898. The van der Waals surface area contributed by atoms with Crippen LogP contribution in [-0.4, -0.2) is 12.5 Å². The highest BCUT2D eigenvalue weighted by atomic mass is 35.5. The van der Waals surface area contributed by atoms with E-state index >= 15 is 0 Å². The number of hydrogen-bond donors (Lipinski definition) is 2. The van der Waals surface area contributed by atoms with Crippen LogP contribution in [0.3, 0.4) is 0 Å². The van der Waals surface area contributed by atoms with Gasteiger partial charge < -0.3 is 10.6 Å². The second kappa shape index (κ2) is 6.20. The summed E-state index contributed by atoms with van der Waals surface area (Å²) in [5.41, 5.74) is 1.24. The Morgan fingerprint density at radius 1 is 1.11 bits per heavy atom. The van der Waals surface area contributed by atoms with Crippen molar-refractivity contribution in [3.63, 3.8) is 0 Å². The summed E-state index contributed by atoms with van der Waals surface area (Å²) in [6.07, 6.45) is 0. The molecule has 0 spiro atoms. The van der Waals surface area contributed by atoms with Gasteiger partial charge in [-0.2, -0.15) is 0 Å². The summed E-state index contributed by atoms with van der Waals surface area (Å²) >= 11 is 5.93. The average molecular weight is 279 g/mol. The van der Waals surface area contributed by atoms with E-state index in [1.54, 1.807) is 36.4 Å². The summed E-state index contributed by atoms with van der Waals surface area (Å²) in [4.78, 5) is 11.7. The molecule has 2 aromatic carbocycles. The van der Waals surface area contributed by atoms with Gasteiger partial charge in [-0.05, 0) is 36.4 Å². The molecular formula is C14H12ClFN2O. The first-order valence-electron chi connectivity index (χ1n) is 5.69. The monoisotopic (exact) mass is 278 g/mol. The molecule has 5 heteroatoms. The molecule has 98 valence electrons. The van der Waals surface area contributed by atoms with E-state index in [4.69, 9.17) is 11.6 Å². The molecule has 2 N–H and O–H groups in total. The first kappa shape index (κ1) is 13.4. The number of amides is 1. The minimum absolute atomic E-state index is 0.0802. The molecule has 2 aromatic rings. The molecule has 0 unspecified atom stereocenters. The van der Waals surface area contributed by atoms with Crippen LogP contribution in [0.2, 0.25) is 5.02 Å². The van der Waals surface area contributed by atoms with Crippen LogP contribution in [0.1, 0.15) is 0 Å². The lowest BCUT2D eigenvalue weighted by molar-refractivity contribution is -0.114. The lowest BCUT2D eigenvalue weighted by Crippen LogP contribution is -2.21. The number of rotatable bonds is 4. The van der Waals surface area contributed by atoms with Gasteiger partial charge in [-0.25, -0.2) is 4.39 Å². The molecule has 0 radical (unpaired) electrons. The second-order valence-corrected chi connectivity index (χ2v) is 4.30. The van der Waals surface area contributed by atoms with Crippen molar-refractivity contribution in [2.75, 3.05) is 17.2 Å². The highest BCUT2D eigenvalue weighted by Crippen LogP contribution is 2.20. The fraction of sp³-hybridized carbons (Fsp3) is 0.0714. The number of anilines is 2. The topological polar surface area (TPSA) is 41.1 Å². The Labute approximate surface area is 115 Å². The van der Waals surface area contributed by atoms with Crippen molar-refractivity contribution in [2.45, 2.75) is 0 Å². The van der Waals surface area contributed by atoms with Crippen LogP contribution in [0.25, 0.3) is 0 Å². The van der Waals surface area contributed by atoms with Crippen molar-refractivity contribution in [2.24, 2.45) is 0 Å². The molecule has 0 saturated heterocycles. The lowest BCUT2D eigenvalue weighted by Gasteiger charge is -2.08. The van der Waals surface area contributed by atoms with Crippen molar-refractivity contribution in [1.29, 1.82) is 0 Å². The number of benzene rings is 2. The van der Waals surface area contributed by atoms with Gasteiger partial charge in [0.05, 0.1) is 17.3 Å². The standard InChI is InChI=1S/C14H12ClFN2O/c15-12-3-1-2-4-13(12)18-14(19)9-17-11-7-5-10(16)6-8-11/h1-8,17H,9H2,(H,18,19). The van der Waals surface area contributed by atoms with Crippen LogP contribution in [-0.2, 0) is 4.79 Å². The molecule has 3 nitrogen and oxygen atoms in total. The SMILES string of the molecule is O=C(CNc1ccc(F)cc1)Nc1ccccc1Cl. The Morgan fingerprint density at radius 3 is 2.47 bits per heavy atom. The smallest absolute Gasteiger partial charge is 0.243 e. The van der Waals surface area contributed by atoms with E-state index in [-0.39, 0.29) is 18.3 Å². The molecule has 2 rings (SSSR count). The average Bonchev–Trinajstić information content (AvgIpc) is 2.41. The van der Waals surface area contributed by atoms with Gasteiger partial charge in [-0.1, -0.05) is 23.7 Å². The van der Waals surface area contributed by atoms with Gasteiger partial charge >= 0.3 is 0 Å². The number of carbonyl (C=O) groups excluding carboxylic acids is 1. The molecule has 0 fully saturated rings. The minimum Gasteiger partial charge on any atom is -0.376 e. The molecule has 0 bridgehead atoms. The molecule has 0 aliphatic rings. The summed E-state index contributed by atoms with van der Waals surface area (Å²) in [7, 11) is 0. The van der Waals surface area contributed by atoms with Crippen molar-refractivity contribution >= 4 is 28.9 Å². The van der Waals surface area contributed by atoms with Gasteiger partial charge in [0.15, 0.2) is 0 Å². The van der Waals surface area contributed by atoms with Crippen molar-refractivity contribution in [1.82, 2.24) is 0 Å².